The third-order valence-corrected chi connectivity index (χ3v) is 2.22. The van der Waals surface area contributed by atoms with Gasteiger partial charge in [0.15, 0.2) is 0 Å². The van der Waals surface area contributed by atoms with Crippen molar-refractivity contribution in [2.75, 3.05) is 26.7 Å². The van der Waals surface area contributed by atoms with Crippen LogP contribution in [0.4, 0.5) is 9.59 Å². The second kappa shape index (κ2) is 11.1. The molecule has 0 aliphatic heterocycles. The van der Waals surface area contributed by atoms with Crippen LogP contribution in [-0.2, 0) is 9.53 Å². The Hall–Kier alpha value is -1.99. The molecule has 0 bridgehead atoms. The summed E-state index contributed by atoms with van der Waals surface area (Å²) in [6.45, 7) is 1.17. The molecule has 0 atom stereocenters. The molecule has 0 spiro atoms. The topological polar surface area (TPSA) is 117 Å². The molecule has 0 radical (unpaired) electrons. The predicted octanol–water partition coefficient (Wildman–Crippen LogP) is 0.287. The van der Waals surface area contributed by atoms with Gasteiger partial charge >= 0.3 is 18.1 Å². The summed E-state index contributed by atoms with van der Waals surface area (Å²) in [5.74, 6) is -0.946. The van der Waals surface area contributed by atoms with Crippen molar-refractivity contribution in [3.05, 3.63) is 0 Å². The van der Waals surface area contributed by atoms with E-state index in [1.54, 1.807) is 0 Å². The number of ether oxygens (including phenoxy) is 1. The Kier molecular flexibility index (Phi) is 9.96. The number of nitrogens with one attached hydrogen (secondary N) is 3. The third-order valence-electron chi connectivity index (χ3n) is 2.22. The lowest BCUT2D eigenvalue weighted by Gasteiger charge is -2.06. The first-order valence-electron chi connectivity index (χ1n) is 6.11. The van der Waals surface area contributed by atoms with Gasteiger partial charge in [-0.15, -0.1) is 0 Å². The molecule has 0 aromatic heterocycles. The number of urea groups is 1. The lowest BCUT2D eigenvalue weighted by molar-refractivity contribution is -0.136. The second-order valence-electron chi connectivity index (χ2n) is 3.81. The van der Waals surface area contributed by atoms with Gasteiger partial charge in [0.05, 0.1) is 13.5 Å². The van der Waals surface area contributed by atoms with Gasteiger partial charge in [-0.2, -0.15) is 0 Å². The maximum Gasteiger partial charge on any atom is 0.406 e. The number of alkyl carbamates (subject to hydrolysis) is 1. The molecular weight excluding hydrogens is 254 g/mol. The van der Waals surface area contributed by atoms with Crippen LogP contribution in [0.25, 0.3) is 0 Å². The standard InChI is InChI=1S/C11H21N3O5/c1-19-11(18)14-7-4-2-3-6-12-10(17)13-8-5-9(15)16/h2-8H2,1H3,(H,14,18)(H,15,16)(H2,12,13,17). The highest BCUT2D eigenvalue weighted by Gasteiger charge is 2.01. The van der Waals surface area contributed by atoms with E-state index in [9.17, 15) is 14.4 Å². The van der Waals surface area contributed by atoms with Crippen molar-refractivity contribution < 1.29 is 24.2 Å². The van der Waals surface area contributed by atoms with Crippen LogP contribution in [0.1, 0.15) is 25.7 Å². The summed E-state index contributed by atoms with van der Waals surface area (Å²) in [4.78, 5) is 32.1. The van der Waals surface area contributed by atoms with Crippen molar-refractivity contribution in [2.24, 2.45) is 0 Å². The Balaban J connectivity index is 3.27. The summed E-state index contributed by atoms with van der Waals surface area (Å²) in [6, 6.07) is -0.367. The summed E-state index contributed by atoms with van der Waals surface area (Å²) in [6.07, 6.45) is 1.91. The van der Waals surface area contributed by atoms with E-state index in [-0.39, 0.29) is 19.0 Å². The number of methoxy groups -OCH3 is 1. The van der Waals surface area contributed by atoms with Gasteiger partial charge in [0.1, 0.15) is 0 Å². The predicted molar refractivity (Wildman–Crippen MR) is 67.9 cm³/mol. The van der Waals surface area contributed by atoms with Gasteiger partial charge in [0.2, 0.25) is 0 Å². The molecule has 0 aliphatic carbocycles. The maximum absolute atomic E-state index is 11.2. The zero-order valence-electron chi connectivity index (χ0n) is 11.0. The van der Waals surface area contributed by atoms with Crippen molar-refractivity contribution in [1.82, 2.24) is 16.0 Å². The van der Waals surface area contributed by atoms with E-state index >= 15 is 0 Å². The summed E-state index contributed by atoms with van der Waals surface area (Å²) in [7, 11) is 1.31. The van der Waals surface area contributed by atoms with Crippen LogP contribution in [0.5, 0.6) is 0 Å². The second-order valence-corrected chi connectivity index (χ2v) is 3.81. The minimum Gasteiger partial charge on any atom is -0.481 e. The largest absolute Gasteiger partial charge is 0.481 e. The Morgan fingerprint density at radius 3 is 2.11 bits per heavy atom. The fourth-order valence-corrected chi connectivity index (χ4v) is 1.24. The van der Waals surface area contributed by atoms with E-state index in [0.29, 0.717) is 13.1 Å². The number of carbonyl (C=O) groups excluding carboxylic acids is 2. The van der Waals surface area contributed by atoms with E-state index in [1.807, 2.05) is 0 Å². The number of unbranched alkanes of at least 4 members (excludes halogenated alkanes) is 2. The molecule has 0 saturated carbocycles. The Bertz CT molecular complexity index is 296. The number of amides is 3. The normalized spacial score (nSPS) is 9.53. The summed E-state index contributed by atoms with van der Waals surface area (Å²) < 4.78 is 4.41. The van der Waals surface area contributed by atoms with Gasteiger partial charge in [-0.1, -0.05) is 0 Å². The molecule has 0 unspecified atom stereocenters. The number of carboxylic acids is 1. The van der Waals surface area contributed by atoms with Gasteiger partial charge in [0.25, 0.3) is 0 Å². The molecule has 0 fully saturated rings. The molecule has 0 saturated heterocycles. The number of carboxylic acid groups (broad SMARTS) is 1. The Labute approximate surface area is 111 Å². The number of hydrogen-bond acceptors (Lipinski definition) is 4. The first-order chi connectivity index (χ1) is 9.06. The molecular formula is C11H21N3O5. The van der Waals surface area contributed by atoms with Gasteiger partial charge < -0.3 is 25.8 Å². The first-order valence-corrected chi connectivity index (χ1v) is 6.11. The van der Waals surface area contributed by atoms with E-state index in [4.69, 9.17) is 5.11 Å². The number of carbonyl (C=O) groups is 3. The van der Waals surface area contributed by atoms with Gasteiger partial charge in [-0.3, -0.25) is 4.79 Å². The van der Waals surface area contributed by atoms with E-state index in [0.717, 1.165) is 19.3 Å². The molecule has 110 valence electrons. The molecule has 8 nitrogen and oxygen atoms in total. The van der Waals surface area contributed by atoms with Crippen LogP contribution in [-0.4, -0.2) is 49.9 Å². The lowest BCUT2D eigenvalue weighted by atomic mass is 10.2. The molecule has 0 heterocycles. The Morgan fingerprint density at radius 1 is 0.947 bits per heavy atom. The summed E-state index contributed by atoms with van der Waals surface area (Å²) in [5, 5.41) is 16.0. The van der Waals surface area contributed by atoms with Gasteiger partial charge in [-0.25, -0.2) is 9.59 Å². The highest BCUT2D eigenvalue weighted by Crippen LogP contribution is 1.92. The molecule has 3 amide bonds. The van der Waals surface area contributed by atoms with Gasteiger partial charge in [0, 0.05) is 19.6 Å². The number of rotatable bonds is 9. The monoisotopic (exact) mass is 275 g/mol. The highest BCUT2D eigenvalue weighted by atomic mass is 16.5. The SMILES string of the molecule is COC(=O)NCCCCCNC(=O)NCCC(=O)O. The van der Waals surface area contributed by atoms with Crippen molar-refractivity contribution in [2.45, 2.75) is 25.7 Å². The van der Waals surface area contributed by atoms with E-state index in [1.165, 1.54) is 7.11 Å². The number of aliphatic carboxylic acids is 1. The van der Waals surface area contributed by atoms with Crippen LogP contribution in [0.2, 0.25) is 0 Å². The van der Waals surface area contributed by atoms with Crippen molar-refractivity contribution in [1.29, 1.82) is 0 Å². The lowest BCUT2D eigenvalue weighted by Crippen LogP contribution is -2.37. The van der Waals surface area contributed by atoms with E-state index in [2.05, 4.69) is 20.7 Å². The first kappa shape index (κ1) is 17.0. The smallest absolute Gasteiger partial charge is 0.406 e. The third kappa shape index (κ3) is 12.3. The summed E-state index contributed by atoms with van der Waals surface area (Å²) in [5.41, 5.74) is 0. The van der Waals surface area contributed by atoms with Crippen molar-refractivity contribution >= 4 is 18.1 Å². The van der Waals surface area contributed by atoms with Crippen molar-refractivity contribution in [3.8, 4) is 0 Å². The van der Waals surface area contributed by atoms with Gasteiger partial charge in [-0.05, 0) is 19.3 Å². The maximum atomic E-state index is 11.2. The Morgan fingerprint density at radius 2 is 1.53 bits per heavy atom. The zero-order chi connectivity index (χ0) is 14.5. The van der Waals surface area contributed by atoms with Crippen LogP contribution in [0.3, 0.4) is 0 Å². The molecule has 8 heteroatoms. The molecule has 0 rings (SSSR count). The molecule has 4 N–H and O–H groups in total. The van der Waals surface area contributed by atoms with Crippen LogP contribution < -0.4 is 16.0 Å². The fourth-order valence-electron chi connectivity index (χ4n) is 1.24. The molecule has 0 aliphatic rings. The van der Waals surface area contributed by atoms with Crippen molar-refractivity contribution in [3.63, 3.8) is 0 Å². The molecule has 0 aromatic carbocycles. The van der Waals surface area contributed by atoms with Crippen LogP contribution in [0, 0.1) is 0 Å². The minimum absolute atomic E-state index is 0.0907. The quantitative estimate of drug-likeness (QED) is 0.451. The molecule has 0 aromatic rings. The van der Waals surface area contributed by atoms with Crippen LogP contribution in [0.15, 0.2) is 0 Å². The zero-order valence-corrected chi connectivity index (χ0v) is 11.0. The van der Waals surface area contributed by atoms with E-state index < -0.39 is 12.1 Å². The average Bonchev–Trinajstić information content (AvgIpc) is 2.36. The molecule has 19 heavy (non-hydrogen) atoms. The van der Waals surface area contributed by atoms with Crippen LogP contribution >= 0.6 is 0 Å². The minimum atomic E-state index is -0.946. The highest BCUT2D eigenvalue weighted by molar-refractivity contribution is 5.74. The fraction of sp³-hybridized carbons (Fsp3) is 0.727. The number of hydrogen-bond donors (Lipinski definition) is 4. The average molecular weight is 275 g/mol. The summed E-state index contributed by atoms with van der Waals surface area (Å²) >= 11 is 0.